The topological polar surface area (TPSA) is 123 Å². The lowest BCUT2D eigenvalue weighted by Gasteiger charge is -2.10. The highest BCUT2D eigenvalue weighted by molar-refractivity contribution is 5.91. The number of aromatic amines is 1. The van der Waals surface area contributed by atoms with E-state index in [1.54, 1.807) is 62.6 Å². The first-order chi connectivity index (χ1) is 15.5. The number of amides is 1. The van der Waals surface area contributed by atoms with Crippen molar-refractivity contribution in [2.24, 2.45) is 0 Å². The molecule has 1 aromatic carbocycles. The van der Waals surface area contributed by atoms with Crippen molar-refractivity contribution in [2.75, 3.05) is 18.5 Å². The van der Waals surface area contributed by atoms with Crippen molar-refractivity contribution in [2.45, 2.75) is 26.7 Å². The average Bonchev–Trinajstić information content (AvgIpc) is 2.78. The molecule has 0 saturated carbocycles. The summed E-state index contributed by atoms with van der Waals surface area (Å²) < 4.78 is 10.2. The Hall–Kier alpha value is -4.01. The maximum absolute atomic E-state index is 12.5. The van der Waals surface area contributed by atoms with Crippen LogP contribution in [0.25, 0.3) is 11.4 Å². The van der Waals surface area contributed by atoms with Crippen molar-refractivity contribution in [1.29, 1.82) is 0 Å². The number of hydrogen-bond acceptors (Lipinski definition) is 7. The van der Waals surface area contributed by atoms with Crippen molar-refractivity contribution in [1.82, 2.24) is 15.0 Å². The van der Waals surface area contributed by atoms with Gasteiger partial charge in [-0.15, -0.1) is 0 Å². The zero-order chi connectivity index (χ0) is 22.9. The number of carbonyl (C=O) groups is 2. The molecule has 2 heterocycles. The van der Waals surface area contributed by atoms with E-state index in [1.807, 2.05) is 0 Å². The number of pyridine rings is 1. The molecule has 9 nitrogen and oxygen atoms in total. The van der Waals surface area contributed by atoms with Crippen molar-refractivity contribution in [3.63, 3.8) is 0 Å². The van der Waals surface area contributed by atoms with E-state index in [4.69, 9.17) is 9.47 Å². The number of nitrogens with one attached hydrogen (secondary N) is 2. The van der Waals surface area contributed by atoms with Crippen LogP contribution in [0.4, 0.5) is 5.69 Å². The van der Waals surface area contributed by atoms with Gasteiger partial charge in [0, 0.05) is 47.4 Å². The number of hydrogen-bond donors (Lipinski definition) is 2. The predicted molar refractivity (Wildman–Crippen MR) is 118 cm³/mol. The number of esters is 1. The Bertz CT molecular complexity index is 1140. The van der Waals surface area contributed by atoms with E-state index in [1.165, 1.54) is 0 Å². The van der Waals surface area contributed by atoms with Crippen LogP contribution < -0.4 is 15.6 Å². The second kappa shape index (κ2) is 10.9. The highest BCUT2D eigenvalue weighted by atomic mass is 16.6. The van der Waals surface area contributed by atoms with E-state index < -0.39 is 5.97 Å². The van der Waals surface area contributed by atoms with Crippen LogP contribution in [0, 0.1) is 6.92 Å². The van der Waals surface area contributed by atoms with Gasteiger partial charge in [0.05, 0.1) is 6.61 Å². The molecular weight excluding hydrogens is 412 g/mol. The molecule has 0 aliphatic rings. The molecule has 0 atom stereocenters. The second-order valence-electron chi connectivity index (χ2n) is 6.88. The van der Waals surface area contributed by atoms with E-state index in [0.717, 1.165) is 5.56 Å². The van der Waals surface area contributed by atoms with Gasteiger partial charge in [0.15, 0.2) is 6.61 Å². The minimum absolute atomic E-state index is 0.105. The Morgan fingerprint density at radius 1 is 1.16 bits per heavy atom. The number of aryl methyl sites for hydroxylation is 1. The molecule has 0 bridgehead atoms. The lowest BCUT2D eigenvalue weighted by Crippen LogP contribution is -2.20. The smallest absolute Gasteiger partial charge is 0.344 e. The summed E-state index contributed by atoms with van der Waals surface area (Å²) in [6.45, 7) is 3.53. The molecule has 0 aliphatic carbocycles. The fourth-order valence-corrected chi connectivity index (χ4v) is 3.02. The number of ether oxygens (including phenoxy) is 2. The van der Waals surface area contributed by atoms with Gasteiger partial charge in [-0.2, -0.15) is 0 Å². The van der Waals surface area contributed by atoms with E-state index in [-0.39, 0.29) is 37.5 Å². The molecule has 0 fully saturated rings. The summed E-state index contributed by atoms with van der Waals surface area (Å²) in [6.07, 6.45) is 3.60. The Kier molecular flexibility index (Phi) is 7.69. The van der Waals surface area contributed by atoms with Crippen LogP contribution in [0.2, 0.25) is 0 Å². The number of carbonyl (C=O) groups excluding carboxylic acids is 2. The van der Waals surface area contributed by atoms with Gasteiger partial charge in [0.1, 0.15) is 11.6 Å². The number of rotatable bonds is 9. The van der Waals surface area contributed by atoms with Crippen LogP contribution in [0.3, 0.4) is 0 Å². The quantitative estimate of drug-likeness (QED) is 0.494. The maximum Gasteiger partial charge on any atom is 0.344 e. The van der Waals surface area contributed by atoms with Gasteiger partial charge < -0.3 is 19.8 Å². The number of benzene rings is 1. The third-order valence-corrected chi connectivity index (χ3v) is 4.56. The standard InChI is InChI=1S/C23H24N4O5/c1-3-31-21(29)14-32-18-6-4-5-17(13-18)26-20(28)8-7-19-15(2)25-22(27-23(19)30)16-9-11-24-12-10-16/h4-6,9-13H,3,7-8,14H2,1-2H3,(H,26,28)(H,25,27,30). The van der Waals surface area contributed by atoms with Gasteiger partial charge in [-0.05, 0) is 44.5 Å². The van der Waals surface area contributed by atoms with Crippen LogP contribution in [0.1, 0.15) is 24.6 Å². The summed E-state index contributed by atoms with van der Waals surface area (Å²) in [7, 11) is 0. The van der Waals surface area contributed by atoms with Gasteiger partial charge in [-0.1, -0.05) is 6.07 Å². The molecular formula is C23H24N4O5. The predicted octanol–water partition coefficient (Wildman–Crippen LogP) is 2.65. The van der Waals surface area contributed by atoms with E-state index in [2.05, 4.69) is 20.3 Å². The Labute approximate surface area is 184 Å². The first-order valence-corrected chi connectivity index (χ1v) is 10.1. The average molecular weight is 436 g/mol. The fourth-order valence-electron chi connectivity index (χ4n) is 3.02. The monoisotopic (exact) mass is 436 g/mol. The zero-order valence-electron chi connectivity index (χ0n) is 17.9. The van der Waals surface area contributed by atoms with Crippen molar-refractivity contribution < 1.29 is 19.1 Å². The van der Waals surface area contributed by atoms with Gasteiger partial charge in [0.2, 0.25) is 5.91 Å². The first kappa shape index (κ1) is 22.7. The third-order valence-electron chi connectivity index (χ3n) is 4.56. The summed E-state index contributed by atoms with van der Waals surface area (Å²) in [5, 5.41) is 2.77. The largest absolute Gasteiger partial charge is 0.482 e. The normalized spacial score (nSPS) is 10.4. The highest BCUT2D eigenvalue weighted by Crippen LogP contribution is 2.18. The van der Waals surface area contributed by atoms with E-state index in [0.29, 0.717) is 28.5 Å². The SMILES string of the molecule is CCOC(=O)COc1cccc(NC(=O)CCc2c(C)nc(-c3ccncc3)[nH]c2=O)c1. The fraction of sp³-hybridized carbons (Fsp3) is 0.261. The van der Waals surface area contributed by atoms with Gasteiger partial charge in [-0.25, -0.2) is 9.78 Å². The summed E-state index contributed by atoms with van der Waals surface area (Å²) in [5.74, 6) is 0.164. The van der Waals surface area contributed by atoms with E-state index >= 15 is 0 Å². The minimum Gasteiger partial charge on any atom is -0.482 e. The molecule has 3 aromatic rings. The molecule has 0 radical (unpaired) electrons. The zero-order valence-corrected chi connectivity index (χ0v) is 17.9. The van der Waals surface area contributed by atoms with Crippen LogP contribution >= 0.6 is 0 Å². The van der Waals surface area contributed by atoms with Crippen molar-refractivity contribution in [3.05, 3.63) is 70.4 Å². The van der Waals surface area contributed by atoms with Gasteiger partial charge >= 0.3 is 5.97 Å². The van der Waals surface area contributed by atoms with Crippen LogP contribution in [-0.2, 0) is 20.7 Å². The van der Waals surface area contributed by atoms with Crippen molar-refractivity contribution >= 4 is 17.6 Å². The van der Waals surface area contributed by atoms with Gasteiger partial charge in [0.25, 0.3) is 5.56 Å². The molecule has 2 aromatic heterocycles. The lowest BCUT2D eigenvalue weighted by molar-refractivity contribution is -0.145. The molecule has 2 N–H and O–H groups in total. The van der Waals surface area contributed by atoms with Gasteiger partial charge in [-0.3, -0.25) is 14.6 Å². The first-order valence-electron chi connectivity index (χ1n) is 10.1. The summed E-state index contributed by atoms with van der Waals surface area (Å²) in [6, 6.07) is 10.2. The van der Waals surface area contributed by atoms with E-state index in [9.17, 15) is 14.4 Å². The molecule has 166 valence electrons. The number of anilines is 1. The summed E-state index contributed by atoms with van der Waals surface area (Å²) in [4.78, 5) is 47.5. The maximum atomic E-state index is 12.5. The molecule has 0 unspecified atom stereocenters. The molecule has 32 heavy (non-hydrogen) atoms. The number of nitrogens with zero attached hydrogens (tertiary/aromatic N) is 2. The van der Waals surface area contributed by atoms with Crippen LogP contribution in [-0.4, -0.2) is 40.0 Å². The summed E-state index contributed by atoms with van der Waals surface area (Å²) >= 11 is 0. The molecule has 1 amide bonds. The highest BCUT2D eigenvalue weighted by Gasteiger charge is 2.12. The van der Waals surface area contributed by atoms with Crippen LogP contribution in [0.5, 0.6) is 5.75 Å². The molecule has 9 heteroatoms. The molecule has 3 rings (SSSR count). The minimum atomic E-state index is -0.467. The molecule has 0 aliphatic heterocycles. The Morgan fingerprint density at radius 2 is 1.94 bits per heavy atom. The van der Waals surface area contributed by atoms with Crippen LogP contribution in [0.15, 0.2) is 53.6 Å². The number of aromatic nitrogens is 3. The lowest BCUT2D eigenvalue weighted by atomic mass is 10.1. The third kappa shape index (κ3) is 6.24. The molecule has 0 spiro atoms. The molecule has 0 saturated heterocycles. The second-order valence-corrected chi connectivity index (χ2v) is 6.88. The Balaban J connectivity index is 1.59. The Morgan fingerprint density at radius 3 is 2.66 bits per heavy atom. The van der Waals surface area contributed by atoms with Crippen molar-refractivity contribution in [3.8, 4) is 17.1 Å². The number of H-pyrrole nitrogens is 1. The summed E-state index contributed by atoms with van der Waals surface area (Å²) in [5.41, 5.74) is 2.04.